The third-order valence-electron chi connectivity index (χ3n) is 5.86. The molecule has 4 saturated carbocycles. The Morgan fingerprint density at radius 1 is 1.20 bits per heavy atom. The van der Waals surface area contributed by atoms with Crippen molar-refractivity contribution in [2.45, 2.75) is 51.1 Å². The fourth-order valence-corrected chi connectivity index (χ4v) is 5.46. The lowest BCUT2D eigenvalue weighted by Crippen LogP contribution is -2.44. The SMILES string of the molecule is N#CCn1nc(CN)cc1C1C2CC3CC(C2)CC1C3. The Hall–Kier alpha value is -1.34. The second kappa shape index (κ2) is 4.60. The third kappa shape index (κ3) is 1.80. The molecule has 0 saturated heterocycles. The first-order valence-electron chi connectivity index (χ1n) is 7.92. The predicted octanol–water partition coefficient (Wildman–Crippen LogP) is 2.41. The molecule has 20 heavy (non-hydrogen) atoms. The predicted molar refractivity (Wildman–Crippen MR) is 75.5 cm³/mol. The van der Waals surface area contributed by atoms with Crippen LogP contribution in [-0.2, 0) is 13.1 Å². The number of nitriles is 1. The molecule has 2 N–H and O–H groups in total. The maximum atomic E-state index is 9.03. The van der Waals surface area contributed by atoms with E-state index in [1.807, 2.05) is 4.68 Å². The lowest BCUT2D eigenvalue weighted by atomic mass is 9.51. The molecule has 1 aromatic heterocycles. The summed E-state index contributed by atoms with van der Waals surface area (Å²) >= 11 is 0. The average Bonchev–Trinajstić information content (AvgIpc) is 2.81. The van der Waals surface area contributed by atoms with E-state index in [4.69, 9.17) is 11.0 Å². The molecule has 4 fully saturated rings. The van der Waals surface area contributed by atoms with E-state index in [-0.39, 0.29) is 0 Å². The minimum Gasteiger partial charge on any atom is -0.325 e. The van der Waals surface area contributed by atoms with E-state index in [0.717, 1.165) is 29.4 Å². The van der Waals surface area contributed by atoms with Crippen molar-refractivity contribution in [3.63, 3.8) is 0 Å². The van der Waals surface area contributed by atoms with Crippen LogP contribution in [0.25, 0.3) is 0 Å². The van der Waals surface area contributed by atoms with Crippen LogP contribution in [0.5, 0.6) is 0 Å². The van der Waals surface area contributed by atoms with Gasteiger partial charge in [-0.1, -0.05) is 0 Å². The Labute approximate surface area is 119 Å². The van der Waals surface area contributed by atoms with Gasteiger partial charge in [-0.05, 0) is 61.8 Å². The summed E-state index contributed by atoms with van der Waals surface area (Å²) in [6.07, 6.45) is 7.06. The van der Waals surface area contributed by atoms with Gasteiger partial charge >= 0.3 is 0 Å². The molecular weight excluding hydrogens is 248 g/mol. The van der Waals surface area contributed by atoms with E-state index in [1.165, 1.54) is 37.8 Å². The highest BCUT2D eigenvalue weighted by Gasteiger charge is 2.49. The highest BCUT2D eigenvalue weighted by atomic mass is 15.3. The van der Waals surface area contributed by atoms with Gasteiger partial charge in [-0.2, -0.15) is 10.4 Å². The topological polar surface area (TPSA) is 67.6 Å². The summed E-state index contributed by atoms with van der Waals surface area (Å²) in [4.78, 5) is 0. The fraction of sp³-hybridized carbons (Fsp3) is 0.750. The Bertz CT molecular complexity index is 525. The van der Waals surface area contributed by atoms with Gasteiger partial charge in [0.2, 0.25) is 0 Å². The van der Waals surface area contributed by atoms with Crippen LogP contribution in [-0.4, -0.2) is 9.78 Å². The molecule has 5 rings (SSSR count). The quantitative estimate of drug-likeness (QED) is 0.917. The molecule has 1 heterocycles. The number of rotatable bonds is 3. The molecule has 4 nitrogen and oxygen atoms in total. The summed E-state index contributed by atoms with van der Waals surface area (Å²) in [6, 6.07) is 4.41. The summed E-state index contributed by atoms with van der Waals surface area (Å²) < 4.78 is 1.93. The Morgan fingerprint density at radius 3 is 2.40 bits per heavy atom. The van der Waals surface area contributed by atoms with E-state index in [0.29, 0.717) is 19.0 Å². The minimum atomic E-state index is 0.359. The summed E-state index contributed by atoms with van der Waals surface area (Å²) in [5, 5.41) is 13.6. The van der Waals surface area contributed by atoms with Gasteiger partial charge in [0.05, 0.1) is 11.8 Å². The zero-order valence-corrected chi connectivity index (χ0v) is 11.8. The summed E-state index contributed by atoms with van der Waals surface area (Å²) in [5.74, 6) is 4.24. The monoisotopic (exact) mass is 270 g/mol. The molecule has 0 aliphatic heterocycles. The van der Waals surface area contributed by atoms with Crippen molar-refractivity contribution in [1.29, 1.82) is 5.26 Å². The molecule has 4 bridgehead atoms. The molecule has 0 atom stereocenters. The van der Waals surface area contributed by atoms with E-state index < -0.39 is 0 Å². The molecule has 106 valence electrons. The van der Waals surface area contributed by atoms with Crippen molar-refractivity contribution in [2.24, 2.45) is 29.4 Å². The first kappa shape index (κ1) is 12.4. The molecule has 4 aliphatic rings. The first-order chi connectivity index (χ1) is 9.78. The number of nitrogens with two attached hydrogens (primary N) is 1. The van der Waals surface area contributed by atoms with Gasteiger partial charge in [-0.15, -0.1) is 0 Å². The Morgan fingerprint density at radius 2 is 1.85 bits per heavy atom. The maximum absolute atomic E-state index is 9.03. The van der Waals surface area contributed by atoms with Gasteiger partial charge in [0, 0.05) is 18.2 Å². The van der Waals surface area contributed by atoms with Gasteiger partial charge in [0.1, 0.15) is 6.54 Å². The zero-order chi connectivity index (χ0) is 13.7. The summed E-state index contributed by atoms with van der Waals surface area (Å²) in [5.41, 5.74) is 7.97. The van der Waals surface area contributed by atoms with Crippen molar-refractivity contribution in [2.75, 3.05) is 0 Å². The van der Waals surface area contributed by atoms with Crippen LogP contribution in [0.3, 0.4) is 0 Å². The molecule has 1 aromatic rings. The van der Waals surface area contributed by atoms with Crippen molar-refractivity contribution < 1.29 is 0 Å². The minimum absolute atomic E-state index is 0.359. The van der Waals surface area contributed by atoms with Crippen molar-refractivity contribution >= 4 is 0 Å². The van der Waals surface area contributed by atoms with E-state index >= 15 is 0 Å². The van der Waals surface area contributed by atoms with E-state index in [9.17, 15) is 0 Å². The highest BCUT2D eigenvalue weighted by Crippen LogP contribution is 2.59. The standard InChI is InChI=1S/C16H22N4/c17-1-2-20-15(8-14(9-18)19-20)16-12-4-10-3-11(6-12)7-13(16)5-10/h8,10-13,16H,2-7,9,18H2. The van der Waals surface area contributed by atoms with Gasteiger partial charge in [0.15, 0.2) is 0 Å². The van der Waals surface area contributed by atoms with Crippen LogP contribution in [0.15, 0.2) is 6.07 Å². The van der Waals surface area contributed by atoms with Crippen LogP contribution in [0.4, 0.5) is 0 Å². The van der Waals surface area contributed by atoms with E-state index in [1.54, 1.807) is 0 Å². The molecule has 4 heteroatoms. The van der Waals surface area contributed by atoms with Gasteiger partial charge in [0.25, 0.3) is 0 Å². The number of hydrogen-bond donors (Lipinski definition) is 1. The zero-order valence-electron chi connectivity index (χ0n) is 11.8. The van der Waals surface area contributed by atoms with Crippen LogP contribution in [0.2, 0.25) is 0 Å². The lowest BCUT2D eigenvalue weighted by Gasteiger charge is -2.54. The Kier molecular flexibility index (Phi) is 2.85. The third-order valence-corrected chi connectivity index (χ3v) is 5.86. The van der Waals surface area contributed by atoms with Crippen molar-refractivity contribution in [3.8, 4) is 6.07 Å². The number of aromatic nitrogens is 2. The molecular formula is C16H22N4. The molecule has 0 amide bonds. The molecule has 0 radical (unpaired) electrons. The van der Waals surface area contributed by atoms with Crippen LogP contribution in [0.1, 0.15) is 49.4 Å². The summed E-state index contributed by atoms with van der Waals surface area (Å²) in [7, 11) is 0. The Balaban J connectivity index is 1.70. The first-order valence-corrected chi connectivity index (χ1v) is 7.92. The number of hydrogen-bond acceptors (Lipinski definition) is 3. The van der Waals surface area contributed by atoms with Gasteiger partial charge in [-0.25, -0.2) is 0 Å². The largest absolute Gasteiger partial charge is 0.325 e. The molecule has 0 spiro atoms. The molecule has 0 unspecified atom stereocenters. The van der Waals surface area contributed by atoms with Crippen molar-refractivity contribution in [3.05, 3.63) is 17.5 Å². The number of nitrogens with zero attached hydrogens (tertiary/aromatic N) is 3. The van der Waals surface area contributed by atoms with Crippen LogP contribution < -0.4 is 5.73 Å². The molecule has 0 aromatic carbocycles. The second-order valence-electron chi connectivity index (χ2n) is 7.04. The maximum Gasteiger partial charge on any atom is 0.128 e. The van der Waals surface area contributed by atoms with Crippen LogP contribution in [0, 0.1) is 35.0 Å². The average molecular weight is 270 g/mol. The van der Waals surface area contributed by atoms with E-state index in [2.05, 4.69) is 17.2 Å². The van der Waals surface area contributed by atoms with Crippen LogP contribution >= 0.6 is 0 Å². The second-order valence-corrected chi connectivity index (χ2v) is 7.04. The van der Waals surface area contributed by atoms with Gasteiger partial charge in [-0.3, -0.25) is 4.68 Å². The fourth-order valence-electron chi connectivity index (χ4n) is 5.46. The van der Waals surface area contributed by atoms with Gasteiger partial charge < -0.3 is 5.73 Å². The normalized spacial score (nSPS) is 38.1. The van der Waals surface area contributed by atoms with Crippen molar-refractivity contribution in [1.82, 2.24) is 9.78 Å². The smallest absolute Gasteiger partial charge is 0.128 e. The molecule has 4 aliphatic carbocycles. The highest BCUT2D eigenvalue weighted by molar-refractivity contribution is 5.21. The lowest BCUT2D eigenvalue weighted by molar-refractivity contribution is -0.00547. The summed E-state index contributed by atoms with van der Waals surface area (Å²) in [6.45, 7) is 0.830.